The Bertz CT molecular complexity index is 553. The summed E-state index contributed by atoms with van der Waals surface area (Å²) in [5, 5.41) is 6.56. The zero-order valence-corrected chi connectivity index (χ0v) is 12.1. The van der Waals surface area contributed by atoms with E-state index in [1.54, 1.807) is 6.33 Å². The number of carbonyl (C=O) groups is 1. The van der Waals surface area contributed by atoms with E-state index in [2.05, 4.69) is 20.6 Å². The summed E-state index contributed by atoms with van der Waals surface area (Å²) in [6.07, 6.45) is 8.01. The molecule has 112 valence electrons. The summed E-state index contributed by atoms with van der Waals surface area (Å²) >= 11 is 0. The normalized spacial score (nSPS) is 21.4. The molecule has 21 heavy (non-hydrogen) atoms. The van der Waals surface area contributed by atoms with Gasteiger partial charge in [0.2, 0.25) is 0 Å². The Kier molecular flexibility index (Phi) is 3.16. The molecule has 2 saturated carbocycles. The Morgan fingerprint density at radius 2 is 1.86 bits per heavy atom. The van der Waals surface area contributed by atoms with E-state index in [-0.39, 0.29) is 6.03 Å². The van der Waals surface area contributed by atoms with Crippen molar-refractivity contribution in [1.29, 1.82) is 0 Å². The van der Waals surface area contributed by atoms with Crippen molar-refractivity contribution in [3.63, 3.8) is 0 Å². The molecule has 6 nitrogen and oxygen atoms in total. The maximum atomic E-state index is 12.2. The molecule has 4 rings (SSSR count). The molecule has 0 aromatic carbocycles. The number of hydrogen-bond donors (Lipinski definition) is 2. The van der Waals surface area contributed by atoms with Crippen LogP contribution in [0, 0.1) is 0 Å². The van der Waals surface area contributed by atoms with Crippen LogP contribution in [0.2, 0.25) is 0 Å². The van der Waals surface area contributed by atoms with Crippen LogP contribution in [-0.2, 0) is 12.8 Å². The molecule has 0 bridgehead atoms. The number of fused-ring (bicyclic) bond motifs is 1. The number of aromatic nitrogens is 2. The highest BCUT2D eigenvalue weighted by Gasteiger charge is 2.28. The Labute approximate surface area is 124 Å². The van der Waals surface area contributed by atoms with Crippen molar-refractivity contribution in [2.45, 2.75) is 50.6 Å². The molecule has 1 aliphatic heterocycles. The quantitative estimate of drug-likeness (QED) is 0.880. The number of hydrogen-bond acceptors (Lipinski definition) is 4. The van der Waals surface area contributed by atoms with Crippen LogP contribution >= 0.6 is 0 Å². The molecule has 2 amide bonds. The molecule has 3 aliphatic rings. The average Bonchev–Trinajstić information content (AvgIpc) is 3.34. The van der Waals surface area contributed by atoms with Crippen molar-refractivity contribution >= 4 is 11.8 Å². The van der Waals surface area contributed by atoms with E-state index >= 15 is 0 Å². The lowest BCUT2D eigenvalue weighted by molar-refractivity contribution is 0.200. The van der Waals surface area contributed by atoms with Crippen LogP contribution in [0.4, 0.5) is 10.6 Å². The highest BCUT2D eigenvalue weighted by Crippen LogP contribution is 2.28. The van der Waals surface area contributed by atoms with Gasteiger partial charge >= 0.3 is 6.03 Å². The highest BCUT2D eigenvalue weighted by molar-refractivity contribution is 5.75. The fourth-order valence-electron chi connectivity index (χ4n) is 2.77. The van der Waals surface area contributed by atoms with Crippen LogP contribution in [0.25, 0.3) is 0 Å². The van der Waals surface area contributed by atoms with Gasteiger partial charge in [0.05, 0.1) is 5.69 Å². The van der Waals surface area contributed by atoms with Crippen LogP contribution in [0.1, 0.15) is 36.9 Å². The lowest BCUT2D eigenvalue weighted by atomic mass is 10.1. The molecular weight excluding hydrogens is 266 g/mol. The van der Waals surface area contributed by atoms with Crippen LogP contribution in [0.5, 0.6) is 0 Å². The van der Waals surface area contributed by atoms with E-state index in [1.165, 1.54) is 18.4 Å². The molecule has 0 saturated heterocycles. The van der Waals surface area contributed by atoms with Gasteiger partial charge in [0.25, 0.3) is 0 Å². The Hall–Kier alpha value is -1.85. The monoisotopic (exact) mass is 287 g/mol. The second-order valence-electron chi connectivity index (χ2n) is 6.28. The number of anilines is 1. The molecule has 0 radical (unpaired) electrons. The van der Waals surface area contributed by atoms with Gasteiger partial charge < -0.3 is 15.5 Å². The highest BCUT2D eigenvalue weighted by atomic mass is 16.2. The molecule has 1 aromatic rings. The minimum Gasteiger partial charge on any atom is -0.367 e. The Morgan fingerprint density at radius 3 is 2.62 bits per heavy atom. The Morgan fingerprint density at radius 1 is 1.10 bits per heavy atom. The van der Waals surface area contributed by atoms with Gasteiger partial charge in [-0.15, -0.1) is 0 Å². The van der Waals surface area contributed by atoms with E-state index in [0.717, 1.165) is 50.3 Å². The van der Waals surface area contributed by atoms with Gasteiger partial charge in [-0.25, -0.2) is 14.8 Å². The third-order valence-electron chi connectivity index (χ3n) is 4.40. The van der Waals surface area contributed by atoms with Crippen molar-refractivity contribution in [1.82, 2.24) is 20.2 Å². The maximum Gasteiger partial charge on any atom is 0.317 e. The van der Waals surface area contributed by atoms with E-state index < -0.39 is 0 Å². The number of nitrogens with zero attached hydrogens (tertiary/aromatic N) is 3. The first-order valence-electron chi connectivity index (χ1n) is 7.94. The van der Waals surface area contributed by atoms with E-state index in [9.17, 15) is 4.79 Å². The maximum absolute atomic E-state index is 12.2. The summed E-state index contributed by atoms with van der Waals surface area (Å²) in [7, 11) is 0. The Balaban J connectivity index is 1.47. The van der Waals surface area contributed by atoms with Crippen LogP contribution in [0.3, 0.4) is 0 Å². The number of nitrogens with one attached hydrogen (secondary N) is 2. The fourth-order valence-corrected chi connectivity index (χ4v) is 2.77. The van der Waals surface area contributed by atoms with Gasteiger partial charge in [-0.05, 0) is 32.1 Å². The zero-order chi connectivity index (χ0) is 14.2. The third kappa shape index (κ3) is 2.94. The van der Waals surface area contributed by atoms with E-state index in [0.29, 0.717) is 12.1 Å². The predicted molar refractivity (Wildman–Crippen MR) is 79.2 cm³/mol. The van der Waals surface area contributed by atoms with Gasteiger partial charge in [0.1, 0.15) is 12.1 Å². The van der Waals surface area contributed by atoms with Crippen molar-refractivity contribution < 1.29 is 4.79 Å². The molecule has 0 unspecified atom stereocenters. The topological polar surface area (TPSA) is 70.2 Å². The van der Waals surface area contributed by atoms with Crippen molar-refractivity contribution in [3.8, 4) is 0 Å². The first-order valence-corrected chi connectivity index (χ1v) is 7.94. The summed E-state index contributed by atoms with van der Waals surface area (Å²) in [6.45, 7) is 1.49. The van der Waals surface area contributed by atoms with Gasteiger partial charge in [-0.3, -0.25) is 0 Å². The minimum absolute atomic E-state index is 0.0787. The first-order chi connectivity index (χ1) is 10.3. The molecule has 0 atom stereocenters. The third-order valence-corrected chi connectivity index (χ3v) is 4.40. The molecule has 2 heterocycles. The average molecular weight is 287 g/mol. The van der Waals surface area contributed by atoms with E-state index in [4.69, 9.17) is 0 Å². The largest absolute Gasteiger partial charge is 0.367 e. The molecule has 1 aromatic heterocycles. The fraction of sp³-hybridized carbons (Fsp3) is 0.667. The van der Waals surface area contributed by atoms with Crippen LogP contribution < -0.4 is 10.6 Å². The predicted octanol–water partition coefficient (Wildman–Crippen LogP) is 1.32. The minimum atomic E-state index is 0.0787. The molecule has 2 fully saturated rings. The van der Waals surface area contributed by atoms with Crippen molar-refractivity contribution in [3.05, 3.63) is 17.6 Å². The summed E-state index contributed by atoms with van der Waals surface area (Å²) < 4.78 is 0. The zero-order valence-electron chi connectivity index (χ0n) is 12.1. The second-order valence-corrected chi connectivity index (χ2v) is 6.28. The standard InChI is InChI=1S/C15H21N5O/c21-15(19-11-3-4-11)20-7-5-12-13(6-8-20)16-9-17-14(12)18-10-1-2-10/h9-11H,1-8H2,(H,19,21)(H,16,17,18). The lowest BCUT2D eigenvalue weighted by Crippen LogP contribution is -2.42. The molecular formula is C15H21N5O. The second kappa shape index (κ2) is 5.16. The van der Waals surface area contributed by atoms with Gasteiger partial charge in [-0.2, -0.15) is 0 Å². The smallest absolute Gasteiger partial charge is 0.317 e. The summed E-state index contributed by atoms with van der Waals surface area (Å²) in [4.78, 5) is 22.9. The van der Waals surface area contributed by atoms with Gasteiger partial charge in [0, 0.05) is 37.2 Å². The van der Waals surface area contributed by atoms with Crippen LogP contribution in [0.15, 0.2) is 6.33 Å². The number of rotatable bonds is 3. The molecule has 2 aliphatic carbocycles. The summed E-state index contributed by atoms with van der Waals surface area (Å²) in [6, 6.07) is 1.08. The van der Waals surface area contributed by atoms with E-state index in [1.807, 2.05) is 4.90 Å². The first kappa shape index (κ1) is 12.9. The SMILES string of the molecule is O=C(NC1CC1)N1CCc2ncnc(NC3CC3)c2CC1. The number of carbonyl (C=O) groups excluding carboxylic acids is 1. The molecule has 6 heteroatoms. The number of urea groups is 1. The molecule has 0 spiro atoms. The van der Waals surface area contributed by atoms with Gasteiger partial charge in [-0.1, -0.05) is 0 Å². The van der Waals surface area contributed by atoms with Crippen molar-refractivity contribution in [2.24, 2.45) is 0 Å². The summed E-state index contributed by atoms with van der Waals surface area (Å²) in [5.74, 6) is 0.979. The number of amides is 2. The van der Waals surface area contributed by atoms with Crippen LogP contribution in [-0.4, -0.2) is 46.1 Å². The summed E-state index contributed by atoms with van der Waals surface area (Å²) in [5.41, 5.74) is 2.29. The molecule has 2 N–H and O–H groups in total. The van der Waals surface area contributed by atoms with Crippen molar-refractivity contribution in [2.75, 3.05) is 18.4 Å². The lowest BCUT2D eigenvalue weighted by Gasteiger charge is -2.20. The van der Waals surface area contributed by atoms with Gasteiger partial charge in [0.15, 0.2) is 0 Å².